The maximum Gasteiger partial charge on any atom is 0.315 e. The van der Waals surface area contributed by atoms with E-state index in [-0.39, 0.29) is 24.5 Å². The lowest BCUT2D eigenvalue weighted by Gasteiger charge is -2.20. The first-order chi connectivity index (χ1) is 12.1. The van der Waals surface area contributed by atoms with Gasteiger partial charge in [-0.15, -0.1) is 0 Å². The minimum Gasteiger partial charge on any atom is -0.341 e. The third-order valence-corrected chi connectivity index (χ3v) is 5.17. The quantitative estimate of drug-likeness (QED) is 0.838. The van der Waals surface area contributed by atoms with Gasteiger partial charge in [-0.1, -0.05) is 23.7 Å². The molecular formula is C18H20ClN3O2S. The number of amides is 3. The molecule has 3 amide bonds. The Bertz CT molecular complexity index is 712. The van der Waals surface area contributed by atoms with Crippen LogP contribution in [0, 0.1) is 0 Å². The van der Waals surface area contributed by atoms with Crippen LogP contribution in [0.4, 0.5) is 4.79 Å². The fourth-order valence-electron chi connectivity index (χ4n) is 2.87. The molecule has 5 nitrogen and oxygen atoms in total. The molecule has 0 bridgehead atoms. The van der Waals surface area contributed by atoms with Crippen molar-refractivity contribution in [2.45, 2.75) is 18.9 Å². The van der Waals surface area contributed by atoms with Crippen molar-refractivity contribution in [2.75, 3.05) is 19.6 Å². The lowest BCUT2D eigenvalue weighted by molar-refractivity contribution is -0.128. The molecule has 1 atom stereocenters. The molecule has 2 aromatic rings. The predicted molar refractivity (Wildman–Crippen MR) is 100.0 cm³/mol. The Kier molecular flexibility index (Phi) is 5.94. The zero-order valence-electron chi connectivity index (χ0n) is 13.7. The van der Waals surface area contributed by atoms with Crippen molar-refractivity contribution in [3.8, 4) is 0 Å². The molecule has 1 saturated heterocycles. The highest BCUT2D eigenvalue weighted by Crippen LogP contribution is 2.25. The standard InChI is InChI=1S/C18H20ClN3O2S/c19-15-5-3-13(4-6-15)17(14-7-10-25-12-14)21-18(24)20-11-16(23)22-8-1-2-9-22/h3-7,10,12,17H,1-2,8-9,11H2,(H2,20,21,24)/t17-/m0/s1. The highest BCUT2D eigenvalue weighted by Gasteiger charge is 2.20. The maximum atomic E-state index is 12.3. The largest absolute Gasteiger partial charge is 0.341 e. The molecule has 1 aromatic heterocycles. The highest BCUT2D eigenvalue weighted by molar-refractivity contribution is 7.08. The van der Waals surface area contributed by atoms with E-state index in [0.717, 1.165) is 37.1 Å². The minimum absolute atomic E-state index is 0.0167. The number of carbonyl (C=O) groups excluding carboxylic acids is 2. The van der Waals surface area contributed by atoms with E-state index in [2.05, 4.69) is 10.6 Å². The number of hydrogen-bond acceptors (Lipinski definition) is 3. The summed E-state index contributed by atoms with van der Waals surface area (Å²) in [6, 6.07) is 8.70. The van der Waals surface area contributed by atoms with Gasteiger partial charge >= 0.3 is 6.03 Å². The summed E-state index contributed by atoms with van der Waals surface area (Å²) in [4.78, 5) is 26.1. The van der Waals surface area contributed by atoms with E-state index < -0.39 is 0 Å². The van der Waals surface area contributed by atoms with Gasteiger partial charge in [-0.05, 0) is 52.9 Å². The third-order valence-electron chi connectivity index (χ3n) is 4.21. The van der Waals surface area contributed by atoms with Gasteiger partial charge < -0.3 is 15.5 Å². The summed E-state index contributed by atoms with van der Waals surface area (Å²) in [5.74, 6) is -0.0359. The maximum absolute atomic E-state index is 12.3. The van der Waals surface area contributed by atoms with Crippen LogP contribution in [-0.4, -0.2) is 36.5 Å². The van der Waals surface area contributed by atoms with Crippen molar-refractivity contribution in [2.24, 2.45) is 0 Å². The van der Waals surface area contributed by atoms with E-state index in [0.29, 0.717) is 5.02 Å². The van der Waals surface area contributed by atoms with E-state index >= 15 is 0 Å². The fourth-order valence-corrected chi connectivity index (χ4v) is 3.68. The van der Waals surface area contributed by atoms with Crippen LogP contribution >= 0.6 is 22.9 Å². The van der Waals surface area contributed by atoms with Crippen LogP contribution < -0.4 is 10.6 Å². The molecule has 0 saturated carbocycles. The van der Waals surface area contributed by atoms with Gasteiger partial charge in [-0.3, -0.25) is 4.79 Å². The lowest BCUT2D eigenvalue weighted by atomic mass is 10.0. The molecule has 3 rings (SSSR count). The Morgan fingerprint density at radius 1 is 1.12 bits per heavy atom. The molecule has 2 N–H and O–H groups in total. The molecular weight excluding hydrogens is 358 g/mol. The van der Waals surface area contributed by atoms with Crippen LogP contribution in [0.15, 0.2) is 41.1 Å². The van der Waals surface area contributed by atoms with Crippen molar-refractivity contribution < 1.29 is 9.59 Å². The van der Waals surface area contributed by atoms with Crippen molar-refractivity contribution >= 4 is 34.9 Å². The van der Waals surface area contributed by atoms with E-state index in [4.69, 9.17) is 11.6 Å². The van der Waals surface area contributed by atoms with E-state index in [1.807, 2.05) is 29.0 Å². The molecule has 7 heteroatoms. The van der Waals surface area contributed by atoms with Crippen molar-refractivity contribution in [1.82, 2.24) is 15.5 Å². The molecule has 1 aliphatic rings. The third kappa shape index (κ3) is 4.74. The summed E-state index contributed by atoms with van der Waals surface area (Å²) in [5.41, 5.74) is 1.93. The number of halogens is 1. The summed E-state index contributed by atoms with van der Waals surface area (Å²) in [6.07, 6.45) is 2.07. The first-order valence-electron chi connectivity index (χ1n) is 8.23. The number of nitrogens with one attached hydrogen (secondary N) is 2. The molecule has 0 radical (unpaired) electrons. The van der Waals surface area contributed by atoms with Gasteiger partial charge in [0.25, 0.3) is 0 Å². The SMILES string of the molecule is O=C(NCC(=O)N1CCCC1)N[C@@H](c1ccc(Cl)cc1)c1ccsc1. The fraction of sp³-hybridized carbons (Fsp3) is 0.333. The number of nitrogens with zero attached hydrogens (tertiary/aromatic N) is 1. The summed E-state index contributed by atoms with van der Waals surface area (Å²) in [6.45, 7) is 1.58. The monoisotopic (exact) mass is 377 g/mol. The molecule has 0 aliphatic carbocycles. The molecule has 2 heterocycles. The van der Waals surface area contributed by atoms with Gasteiger partial charge in [0.05, 0.1) is 12.6 Å². The number of urea groups is 1. The molecule has 0 unspecified atom stereocenters. The average Bonchev–Trinajstić information content (AvgIpc) is 3.31. The van der Waals surface area contributed by atoms with Gasteiger partial charge in [0.2, 0.25) is 5.91 Å². The molecule has 1 aliphatic heterocycles. The van der Waals surface area contributed by atoms with Gasteiger partial charge in [-0.25, -0.2) is 4.79 Å². The second-order valence-corrected chi connectivity index (χ2v) is 7.17. The van der Waals surface area contributed by atoms with Crippen molar-refractivity contribution in [3.05, 3.63) is 57.2 Å². The molecule has 1 aromatic carbocycles. The Hall–Kier alpha value is -2.05. The van der Waals surface area contributed by atoms with Crippen molar-refractivity contribution in [1.29, 1.82) is 0 Å². The second kappa shape index (κ2) is 8.36. The number of thiophene rings is 1. The van der Waals surface area contributed by atoms with Gasteiger partial charge in [-0.2, -0.15) is 11.3 Å². The second-order valence-electron chi connectivity index (χ2n) is 5.96. The highest BCUT2D eigenvalue weighted by atomic mass is 35.5. The number of rotatable bonds is 5. The summed E-state index contributed by atoms with van der Waals surface area (Å²) >= 11 is 7.52. The zero-order valence-corrected chi connectivity index (χ0v) is 15.3. The Labute approximate surface area is 156 Å². The summed E-state index contributed by atoms with van der Waals surface area (Å²) in [7, 11) is 0. The number of benzene rings is 1. The first kappa shape index (κ1) is 17.8. The first-order valence-corrected chi connectivity index (χ1v) is 9.55. The summed E-state index contributed by atoms with van der Waals surface area (Å²) in [5, 5.41) is 10.2. The van der Waals surface area contributed by atoms with E-state index in [1.54, 1.807) is 28.4 Å². The molecule has 1 fully saturated rings. The summed E-state index contributed by atoms with van der Waals surface area (Å²) < 4.78 is 0. The zero-order chi connectivity index (χ0) is 17.6. The Morgan fingerprint density at radius 2 is 1.84 bits per heavy atom. The van der Waals surface area contributed by atoms with Crippen LogP contribution in [0.3, 0.4) is 0 Å². The van der Waals surface area contributed by atoms with E-state index in [9.17, 15) is 9.59 Å². The molecule has 0 spiro atoms. The minimum atomic E-state index is -0.362. The van der Waals surface area contributed by atoms with Crippen molar-refractivity contribution in [3.63, 3.8) is 0 Å². The number of likely N-dealkylation sites (tertiary alicyclic amines) is 1. The topological polar surface area (TPSA) is 61.4 Å². The van der Waals surface area contributed by atoms with Crippen LogP contribution in [0.1, 0.15) is 30.0 Å². The van der Waals surface area contributed by atoms with Crippen LogP contribution in [0.5, 0.6) is 0 Å². The normalized spacial score (nSPS) is 15.0. The number of carbonyl (C=O) groups is 2. The number of hydrogen-bond donors (Lipinski definition) is 2. The van der Waals surface area contributed by atoms with Crippen LogP contribution in [0.2, 0.25) is 5.02 Å². The molecule has 25 heavy (non-hydrogen) atoms. The van der Waals surface area contributed by atoms with Gasteiger partial charge in [0.1, 0.15) is 0 Å². The smallest absolute Gasteiger partial charge is 0.315 e. The van der Waals surface area contributed by atoms with Gasteiger partial charge in [0.15, 0.2) is 0 Å². The Morgan fingerprint density at radius 3 is 2.48 bits per heavy atom. The predicted octanol–water partition coefficient (Wildman–Crippen LogP) is 3.41. The van der Waals surface area contributed by atoms with E-state index in [1.165, 1.54) is 0 Å². The Balaban J connectivity index is 1.62. The van der Waals surface area contributed by atoms with Gasteiger partial charge in [0, 0.05) is 18.1 Å². The van der Waals surface area contributed by atoms with Crippen LogP contribution in [0.25, 0.3) is 0 Å². The van der Waals surface area contributed by atoms with Crippen LogP contribution in [-0.2, 0) is 4.79 Å². The molecule has 132 valence electrons. The lowest BCUT2D eigenvalue weighted by Crippen LogP contribution is -2.44. The average molecular weight is 378 g/mol.